The van der Waals surface area contributed by atoms with Crippen molar-refractivity contribution in [2.24, 2.45) is 0 Å². The van der Waals surface area contributed by atoms with Gasteiger partial charge in [0.05, 0.1) is 10.7 Å². The predicted octanol–water partition coefficient (Wildman–Crippen LogP) is 2.65. The van der Waals surface area contributed by atoms with E-state index >= 15 is 0 Å². The van der Waals surface area contributed by atoms with Crippen LogP contribution >= 0.6 is 18.9 Å². The summed E-state index contributed by atoms with van der Waals surface area (Å²) in [6, 6.07) is 39.6. The lowest BCUT2D eigenvalue weighted by Gasteiger charge is -2.21. The molecular weight excluding hydrogens is 459 g/mol. The lowest BCUT2D eigenvalue weighted by atomic mass is 10.2. The van der Waals surface area contributed by atoms with Crippen LogP contribution in [0.5, 0.6) is 0 Å². The minimum Gasteiger partial charge on any atom is -1.00 e. The van der Waals surface area contributed by atoms with Crippen molar-refractivity contribution in [3.05, 3.63) is 126 Å². The van der Waals surface area contributed by atoms with Crippen LogP contribution in [0.15, 0.2) is 115 Å². The molecule has 4 aromatic carbocycles. The second-order valence-corrected chi connectivity index (χ2v) is 9.92. The maximum absolute atomic E-state index is 6.40. The highest BCUT2D eigenvalue weighted by atomic mass is 79.9. The Morgan fingerprint density at radius 2 is 0.897 bits per heavy atom. The highest BCUT2D eigenvalue weighted by Crippen LogP contribution is 2.54. The zero-order valence-corrected chi connectivity index (χ0v) is 18.9. The van der Waals surface area contributed by atoms with E-state index in [1.54, 1.807) is 0 Å². The monoisotopic (exact) mass is 476 g/mol. The van der Waals surface area contributed by atoms with E-state index in [1.165, 1.54) is 15.9 Å². The summed E-state index contributed by atoms with van der Waals surface area (Å²) < 4.78 is 0. The summed E-state index contributed by atoms with van der Waals surface area (Å²) in [7, 11) is -2.16. The van der Waals surface area contributed by atoms with Gasteiger partial charge in [0.15, 0.2) is 7.26 Å². The molecule has 0 bridgehead atoms. The van der Waals surface area contributed by atoms with E-state index in [-0.39, 0.29) is 17.0 Å². The van der Waals surface area contributed by atoms with Gasteiger partial charge >= 0.3 is 0 Å². The first-order valence-electron chi connectivity index (χ1n) is 9.14. The second-order valence-electron chi connectivity index (χ2n) is 6.39. The Hall–Kier alpha value is -2.36. The molecule has 0 saturated carbocycles. The van der Waals surface area contributed by atoms with Crippen LogP contribution in [0.2, 0.25) is 5.02 Å². The summed E-state index contributed by atoms with van der Waals surface area (Å²) in [4.78, 5) is 0. The van der Waals surface area contributed by atoms with Gasteiger partial charge in [-0.3, -0.25) is 0 Å². The normalized spacial score (nSPS) is 10.4. The van der Waals surface area contributed by atoms with Crippen LogP contribution < -0.4 is 32.9 Å². The van der Waals surface area contributed by atoms with Gasteiger partial charge in [-0.1, -0.05) is 78.3 Å². The third-order valence-electron chi connectivity index (χ3n) is 4.66. The van der Waals surface area contributed by atoms with E-state index in [0.717, 1.165) is 5.56 Å². The maximum atomic E-state index is 6.40. The van der Waals surface area contributed by atoms with E-state index in [9.17, 15) is 0 Å². The molecule has 3 heteroatoms. The number of rotatable bonds is 3. The van der Waals surface area contributed by atoms with Crippen LogP contribution in [0.25, 0.3) is 0 Å². The lowest BCUT2D eigenvalue weighted by Crippen LogP contribution is -3.00. The molecule has 0 heterocycles. The molecule has 29 heavy (non-hydrogen) atoms. The van der Waals surface area contributed by atoms with Gasteiger partial charge in [0, 0.05) is 5.56 Å². The summed E-state index contributed by atoms with van der Waals surface area (Å²) in [6.45, 7) is 0. The number of halogens is 2. The Kier molecular flexibility index (Phi) is 7.29. The molecule has 0 fully saturated rings. The van der Waals surface area contributed by atoms with Crippen molar-refractivity contribution in [2.75, 3.05) is 0 Å². The van der Waals surface area contributed by atoms with Crippen LogP contribution in [-0.4, -0.2) is 0 Å². The lowest BCUT2D eigenvalue weighted by molar-refractivity contribution is -0.00000522. The summed E-state index contributed by atoms with van der Waals surface area (Å²) in [6.07, 6.45) is 0. The fraction of sp³-hybridized carbons (Fsp3) is 0. The third kappa shape index (κ3) is 4.47. The Morgan fingerprint density at radius 1 is 0.517 bits per heavy atom. The maximum Gasteiger partial charge on any atom is 0.189 e. The van der Waals surface area contributed by atoms with Gasteiger partial charge < -0.3 is 17.0 Å². The first-order chi connectivity index (χ1) is 13.8. The van der Waals surface area contributed by atoms with Crippen molar-refractivity contribution < 1.29 is 17.0 Å². The van der Waals surface area contributed by atoms with E-state index in [2.05, 4.69) is 103 Å². The second kappa shape index (κ2) is 9.91. The van der Waals surface area contributed by atoms with Crippen LogP contribution in [0.1, 0.15) is 5.56 Å². The number of hydrogen-bond donors (Lipinski definition) is 0. The first-order valence-corrected chi connectivity index (χ1v) is 11.3. The topological polar surface area (TPSA) is 0 Å². The summed E-state index contributed by atoms with van der Waals surface area (Å²) >= 11 is 6.40. The quantitative estimate of drug-likeness (QED) is 0.314. The average molecular weight is 478 g/mol. The first kappa shape index (κ1) is 21.4. The van der Waals surface area contributed by atoms with Crippen LogP contribution in [-0.2, 0) is 0 Å². The van der Waals surface area contributed by atoms with Crippen LogP contribution in [0, 0.1) is 11.6 Å². The summed E-state index contributed by atoms with van der Waals surface area (Å²) in [5, 5.41) is 4.41. The van der Waals surface area contributed by atoms with Gasteiger partial charge in [0.1, 0.15) is 15.9 Å². The summed E-state index contributed by atoms with van der Waals surface area (Å²) in [5.41, 5.74) is 4.57. The molecule has 4 rings (SSSR count). The van der Waals surface area contributed by atoms with Gasteiger partial charge in [-0.15, -0.1) is 0 Å². The van der Waals surface area contributed by atoms with Gasteiger partial charge in [0.2, 0.25) is 0 Å². The number of hydrogen-bond acceptors (Lipinski definition) is 0. The third-order valence-corrected chi connectivity index (χ3v) is 8.66. The van der Waals surface area contributed by atoms with Crippen LogP contribution in [0.3, 0.4) is 0 Å². The SMILES string of the molecule is Clc1ccccc1C#C[P+](c1ccccc1)(c1ccccc1)c1ccccc1.[Br-]. The van der Waals surface area contributed by atoms with E-state index in [0.29, 0.717) is 5.02 Å². The molecule has 0 aromatic heterocycles. The fourth-order valence-electron chi connectivity index (χ4n) is 3.30. The molecule has 0 atom stereocenters. The predicted molar refractivity (Wildman–Crippen MR) is 123 cm³/mol. The van der Waals surface area contributed by atoms with E-state index < -0.39 is 7.26 Å². The molecule has 0 radical (unpaired) electrons. The van der Waals surface area contributed by atoms with Crippen molar-refractivity contribution in [1.82, 2.24) is 0 Å². The van der Waals surface area contributed by atoms with Crippen molar-refractivity contribution in [3.63, 3.8) is 0 Å². The van der Waals surface area contributed by atoms with E-state index in [1.807, 2.05) is 24.3 Å². The molecule has 0 aliphatic heterocycles. The van der Waals surface area contributed by atoms with Crippen molar-refractivity contribution in [1.29, 1.82) is 0 Å². The molecule has 4 aromatic rings. The minimum absolute atomic E-state index is 0. The van der Waals surface area contributed by atoms with Gasteiger partial charge in [-0.2, -0.15) is 0 Å². The molecule has 0 aliphatic carbocycles. The molecule has 142 valence electrons. The smallest absolute Gasteiger partial charge is 0.189 e. The van der Waals surface area contributed by atoms with Crippen molar-refractivity contribution in [3.8, 4) is 11.6 Å². The molecule has 0 unspecified atom stereocenters. The molecule has 0 amide bonds. The zero-order chi connectivity index (χ0) is 19.2. The molecule has 0 spiro atoms. The fourth-order valence-corrected chi connectivity index (χ4v) is 6.91. The highest BCUT2D eigenvalue weighted by molar-refractivity contribution is 7.99. The Labute approximate surface area is 188 Å². The molecule has 0 nitrogen and oxygen atoms in total. The minimum atomic E-state index is -2.16. The molecule has 0 N–H and O–H groups in total. The van der Waals surface area contributed by atoms with Crippen LogP contribution in [0.4, 0.5) is 0 Å². The highest BCUT2D eigenvalue weighted by Gasteiger charge is 2.44. The van der Waals surface area contributed by atoms with E-state index in [4.69, 9.17) is 11.6 Å². The molecular formula is C26H19BrClP. The van der Waals surface area contributed by atoms with Crippen molar-refractivity contribution >= 4 is 34.8 Å². The standard InChI is InChI=1S/C26H19ClP.BrH/c27-26-19-11-10-12-22(26)20-21-28(23-13-4-1-5-14-23,24-15-6-2-7-16-24)25-17-8-3-9-18-25;/h1-19H;1H/q+1;/p-1. The Balaban J connectivity index is 0.00000240. The number of benzene rings is 4. The van der Waals surface area contributed by atoms with Gasteiger partial charge in [-0.05, 0) is 54.5 Å². The summed E-state index contributed by atoms with van der Waals surface area (Å²) in [5.74, 6) is 3.42. The zero-order valence-electron chi connectivity index (χ0n) is 15.7. The molecule has 0 saturated heterocycles. The Bertz CT molecular complexity index is 1020. The van der Waals surface area contributed by atoms with Crippen molar-refractivity contribution in [2.45, 2.75) is 0 Å². The van der Waals surface area contributed by atoms with Gasteiger partial charge in [-0.25, -0.2) is 0 Å². The Morgan fingerprint density at radius 3 is 1.31 bits per heavy atom. The average Bonchev–Trinajstić information content (AvgIpc) is 2.78. The van der Waals surface area contributed by atoms with Gasteiger partial charge in [0.25, 0.3) is 0 Å². The molecule has 0 aliphatic rings. The largest absolute Gasteiger partial charge is 1.00 e.